The van der Waals surface area contributed by atoms with E-state index in [2.05, 4.69) is 31.8 Å². The minimum Gasteiger partial charge on any atom is -0.363 e. The average molecular weight is 448 g/mol. The highest BCUT2D eigenvalue weighted by Gasteiger charge is 2.43. The van der Waals surface area contributed by atoms with Gasteiger partial charge in [-0.15, -0.1) is 0 Å². The van der Waals surface area contributed by atoms with E-state index in [1.165, 1.54) is 0 Å². The van der Waals surface area contributed by atoms with Crippen LogP contribution in [0.15, 0.2) is 30.7 Å². The molecule has 3 aromatic heterocycles. The van der Waals surface area contributed by atoms with Gasteiger partial charge in [0, 0.05) is 45.6 Å². The summed E-state index contributed by atoms with van der Waals surface area (Å²) in [6.07, 6.45) is 7.87. The predicted octanol–water partition coefficient (Wildman–Crippen LogP) is 2.27. The molecule has 2 N–H and O–H groups in total. The van der Waals surface area contributed by atoms with E-state index in [4.69, 9.17) is 4.98 Å². The van der Waals surface area contributed by atoms with E-state index >= 15 is 0 Å². The SMILES string of the molecule is Cc1nc(NCc2cnn(Cc3ccnc(N(C)C)c3)c2)nc2c1NC(=O)[C@H](C1CC1)N2C. The van der Waals surface area contributed by atoms with Gasteiger partial charge in [-0.2, -0.15) is 10.1 Å². The molecule has 2 aliphatic rings. The lowest BCUT2D eigenvalue weighted by Gasteiger charge is -2.35. The summed E-state index contributed by atoms with van der Waals surface area (Å²) in [7, 11) is 5.90. The number of pyridine rings is 1. The van der Waals surface area contributed by atoms with Crippen LogP contribution in [-0.4, -0.2) is 57.8 Å². The Balaban J connectivity index is 1.27. The van der Waals surface area contributed by atoms with Crippen LogP contribution in [0, 0.1) is 12.8 Å². The van der Waals surface area contributed by atoms with Gasteiger partial charge >= 0.3 is 0 Å². The Morgan fingerprint density at radius 2 is 2.06 bits per heavy atom. The smallest absolute Gasteiger partial charge is 0.247 e. The Labute approximate surface area is 193 Å². The van der Waals surface area contributed by atoms with Crippen LogP contribution in [0.5, 0.6) is 0 Å². The Morgan fingerprint density at radius 3 is 2.82 bits per heavy atom. The van der Waals surface area contributed by atoms with Crippen LogP contribution < -0.4 is 20.4 Å². The number of nitrogens with zero attached hydrogens (tertiary/aromatic N) is 7. The van der Waals surface area contributed by atoms with Crippen molar-refractivity contribution in [2.24, 2.45) is 5.92 Å². The lowest BCUT2D eigenvalue weighted by molar-refractivity contribution is -0.118. The van der Waals surface area contributed by atoms with Crippen LogP contribution in [0.2, 0.25) is 0 Å². The molecule has 1 aliphatic heterocycles. The second-order valence-electron chi connectivity index (χ2n) is 9.03. The first-order valence-electron chi connectivity index (χ1n) is 11.2. The van der Waals surface area contributed by atoms with E-state index in [1.54, 1.807) is 0 Å². The zero-order chi connectivity index (χ0) is 23.1. The molecule has 1 amide bonds. The molecule has 0 aromatic carbocycles. The average Bonchev–Trinajstić information content (AvgIpc) is 3.52. The molecule has 0 saturated heterocycles. The number of anilines is 4. The summed E-state index contributed by atoms with van der Waals surface area (Å²) < 4.78 is 1.91. The summed E-state index contributed by atoms with van der Waals surface area (Å²) in [5, 5.41) is 10.8. The number of hydrogen-bond acceptors (Lipinski definition) is 8. The molecule has 33 heavy (non-hydrogen) atoms. The molecule has 10 heteroatoms. The normalized spacial score (nSPS) is 17.5. The van der Waals surface area contributed by atoms with Crippen molar-refractivity contribution in [3.63, 3.8) is 0 Å². The minimum atomic E-state index is -0.154. The van der Waals surface area contributed by atoms with Gasteiger partial charge < -0.3 is 20.4 Å². The van der Waals surface area contributed by atoms with E-state index in [9.17, 15) is 4.79 Å². The van der Waals surface area contributed by atoms with E-state index in [0.717, 1.165) is 41.3 Å². The highest BCUT2D eigenvalue weighted by molar-refractivity contribution is 6.03. The standard InChI is InChI=1S/C23H29N9O/c1-14-19-21(31(4)20(17-5-6-17)22(33)28-19)29-23(27-14)25-10-16-11-26-32(13-16)12-15-7-8-24-18(9-15)30(2)3/h7-9,11,13,17,20H,5-6,10,12H2,1-4H3,(H,28,33)(H,25,27,29)/t20-/m0/s1. The molecule has 5 rings (SSSR count). The van der Waals surface area contributed by atoms with E-state index in [0.29, 0.717) is 30.6 Å². The number of hydrogen-bond donors (Lipinski definition) is 2. The number of aromatic nitrogens is 5. The maximum Gasteiger partial charge on any atom is 0.247 e. The first kappa shape index (κ1) is 21.2. The molecule has 0 bridgehead atoms. The lowest BCUT2D eigenvalue weighted by Crippen LogP contribution is -2.48. The second-order valence-corrected chi connectivity index (χ2v) is 9.03. The molecule has 1 atom stereocenters. The van der Waals surface area contributed by atoms with Gasteiger partial charge in [0.15, 0.2) is 5.82 Å². The van der Waals surface area contributed by atoms with Crippen LogP contribution in [0.1, 0.15) is 29.7 Å². The Bertz CT molecular complexity index is 1180. The van der Waals surface area contributed by atoms with Gasteiger partial charge in [-0.3, -0.25) is 9.48 Å². The molecule has 0 radical (unpaired) electrons. The zero-order valence-electron chi connectivity index (χ0n) is 19.4. The maximum absolute atomic E-state index is 12.5. The van der Waals surface area contributed by atoms with Gasteiger partial charge in [-0.1, -0.05) is 0 Å². The number of carbonyl (C=O) groups excluding carboxylic acids is 1. The van der Waals surface area contributed by atoms with Crippen LogP contribution in [0.3, 0.4) is 0 Å². The van der Waals surface area contributed by atoms with Crippen molar-refractivity contribution in [2.75, 3.05) is 41.6 Å². The quantitative estimate of drug-likeness (QED) is 0.569. The number of carbonyl (C=O) groups is 1. The summed E-state index contributed by atoms with van der Waals surface area (Å²) in [4.78, 5) is 30.2. The number of aryl methyl sites for hydroxylation is 1. The summed E-state index contributed by atoms with van der Waals surface area (Å²) in [6.45, 7) is 3.12. The third-order valence-electron chi connectivity index (χ3n) is 6.16. The second kappa shape index (κ2) is 8.34. The van der Waals surface area contributed by atoms with Crippen molar-refractivity contribution in [1.82, 2.24) is 24.7 Å². The minimum absolute atomic E-state index is 0.0409. The highest BCUT2D eigenvalue weighted by Crippen LogP contribution is 2.41. The molecule has 0 unspecified atom stereocenters. The van der Waals surface area contributed by atoms with Gasteiger partial charge in [0.25, 0.3) is 0 Å². The van der Waals surface area contributed by atoms with E-state index in [-0.39, 0.29) is 11.9 Å². The molecule has 3 aromatic rings. The zero-order valence-corrected chi connectivity index (χ0v) is 19.4. The number of amides is 1. The third-order valence-corrected chi connectivity index (χ3v) is 6.16. The molecule has 1 fully saturated rings. The number of nitrogens with one attached hydrogen (secondary N) is 2. The lowest BCUT2D eigenvalue weighted by atomic mass is 10.1. The van der Waals surface area contributed by atoms with Gasteiger partial charge in [-0.05, 0) is 43.4 Å². The van der Waals surface area contributed by atoms with Gasteiger partial charge in [0.05, 0.1) is 18.4 Å². The van der Waals surface area contributed by atoms with Crippen molar-refractivity contribution in [1.29, 1.82) is 0 Å². The summed E-state index contributed by atoms with van der Waals surface area (Å²) in [6, 6.07) is 3.91. The fourth-order valence-corrected chi connectivity index (χ4v) is 4.24. The van der Waals surface area contributed by atoms with Crippen molar-refractivity contribution in [3.8, 4) is 0 Å². The predicted molar refractivity (Wildman–Crippen MR) is 128 cm³/mol. The van der Waals surface area contributed by atoms with E-state index in [1.807, 2.05) is 67.2 Å². The third kappa shape index (κ3) is 4.33. The molecular formula is C23H29N9O. The van der Waals surface area contributed by atoms with Crippen LogP contribution in [0.25, 0.3) is 0 Å². The van der Waals surface area contributed by atoms with Gasteiger partial charge in [0.1, 0.15) is 17.5 Å². The molecule has 4 heterocycles. The fourth-order valence-electron chi connectivity index (χ4n) is 4.24. The monoisotopic (exact) mass is 447 g/mol. The van der Waals surface area contributed by atoms with Crippen molar-refractivity contribution >= 4 is 29.2 Å². The number of rotatable bonds is 7. The van der Waals surface area contributed by atoms with Crippen LogP contribution in [-0.2, 0) is 17.9 Å². The van der Waals surface area contributed by atoms with Crippen molar-refractivity contribution in [3.05, 3.63) is 47.5 Å². The number of fused-ring (bicyclic) bond motifs is 1. The molecule has 10 nitrogen and oxygen atoms in total. The maximum atomic E-state index is 12.5. The van der Waals surface area contributed by atoms with Gasteiger partial charge in [-0.25, -0.2) is 9.97 Å². The first-order chi connectivity index (χ1) is 15.9. The summed E-state index contributed by atoms with van der Waals surface area (Å²) >= 11 is 0. The number of likely N-dealkylation sites (N-methyl/N-ethyl adjacent to an activating group) is 1. The van der Waals surface area contributed by atoms with Crippen LogP contribution >= 0.6 is 0 Å². The Kier molecular flexibility index (Phi) is 5.35. The summed E-state index contributed by atoms with van der Waals surface area (Å²) in [5.74, 6) is 2.69. The summed E-state index contributed by atoms with van der Waals surface area (Å²) in [5.41, 5.74) is 3.63. The molecule has 1 aliphatic carbocycles. The van der Waals surface area contributed by atoms with Crippen molar-refractivity contribution < 1.29 is 4.79 Å². The Morgan fingerprint density at radius 1 is 1.24 bits per heavy atom. The van der Waals surface area contributed by atoms with E-state index < -0.39 is 0 Å². The van der Waals surface area contributed by atoms with Crippen LogP contribution in [0.4, 0.5) is 23.3 Å². The van der Waals surface area contributed by atoms with Crippen molar-refractivity contribution in [2.45, 2.75) is 38.9 Å². The fraction of sp³-hybridized carbons (Fsp3) is 0.435. The topological polar surface area (TPSA) is 104 Å². The molecule has 172 valence electrons. The molecular weight excluding hydrogens is 418 g/mol. The molecule has 0 spiro atoms. The molecule has 1 saturated carbocycles. The largest absolute Gasteiger partial charge is 0.363 e. The van der Waals surface area contributed by atoms with Gasteiger partial charge in [0.2, 0.25) is 11.9 Å². The first-order valence-corrected chi connectivity index (χ1v) is 11.2. The Hall–Kier alpha value is -3.69. The highest BCUT2D eigenvalue weighted by atomic mass is 16.2.